The smallest absolute Gasteiger partial charge is 0.293 e. The second-order valence-corrected chi connectivity index (χ2v) is 9.31. The first-order valence-electron chi connectivity index (χ1n) is 10.4. The molecule has 0 atom stereocenters. The van der Waals surface area contributed by atoms with E-state index in [1.54, 1.807) is 12.1 Å². The van der Waals surface area contributed by atoms with Gasteiger partial charge in [-0.1, -0.05) is 0 Å². The summed E-state index contributed by atoms with van der Waals surface area (Å²) in [5, 5.41) is 14.9. The largest absolute Gasteiger partial charge is 0.366 e. The SMILES string of the molecule is O=C(NC12CC3CC(CC(C3)C1)C2)c1ccc(N2CCCC2)c([N+](=O)[O-])c1. The number of nitro groups is 1. The van der Waals surface area contributed by atoms with Gasteiger partial charge in [-0.25, -0.2) is 0 Å². The number of carbonyl (C=O) groups excluding carboxylic acids is 1. The van der Waals surface area contributed by atoms with Gasteiger partial charge in [0, 0.05) is 30.3 Å². The molecule has 0 spiro atoms. The quantitative estimate of drug-likeness (QED) is 0.645. The summed E-state index contributed by atoms with van der Waals surface area (Å²) < 4.78 is 0. The van der Waals surface area contributed by atoms with Crippen molar-refractivity contribution in [1.82, 2.24) is 5.32 Å². The second-order valence-electron chi connectivity index (χ2n) is 9.31. The number of nitrogens with zero attached hydrogens (tertiary/aromatic N) is 2. The number of hydrogen-bond donors (Lipinski definition) is 1. The molecule has 0 unspecified atom stereocenters. The van der Waals surface area contributed by atoms with Crippen LogP contribution in [0.15, 0.2) is 18.2 Å². The van der Waals surface area contributed by atoms with Crippen LogP contribution in [0.3, 0.4) is 0 Å². The lowest BCUT2D eigenvalue weighted by atomic mass is 9.53. The molecule has 1 N–H and O–H groups in total. The van der Waals surface area contributed by atoms with Gasteiger partial charge in [0.05, 0.1) is 4.92 Å². The number of anilines is 1. The number of carbonyl (C=O) groups is 1. The molecule has 4 saturated carbocycles. The average molecular weight is 369 g/mol. The zero-order chi connectivity index (χ0) is 18.6. The van der Waals surface area contributed by atoms with Crippen molar-refractivity contribution in [2.45, 2.75) is 56.9 Å². The van der Waals surface area contributed by atoms with E-state index >= 15 is 0 Å². The lowest BCUT2D eigenvalue weighted by molar-refractivity contribution is -0.384. The molecule has 5 aliphatic rings. The maximum absolute atomic E-state index is 13.0. The highest BCUT2D eigenvalue weighted by Crippen LogP contribution is 2.55. The molecule has 1 aromatic rings. The Labute approximate surface area is 159 Å². The van der Waals surface area contributed by atoms with Crippen molar-refractivity contribution in [3.05, 3.63) is 33.9 Å². The summed E-state index contributed by atoms with van der Waals surface area (Å²) in [6.45, 7) is 1.69. The molecule has 4 aliphatic carbocycles. The fourth-order valence-corrected chi connectivity index (χ4v) is 6.61. The molecule has 1 aliphatic heterocycles. The highest BCUT2D eigenvalue weighted by atomic mass is 16.6. The normalized spacial score (nSPS) is 34.1. The van der Waals surface area contributed by atoms with Crippen molar-refractivity contribution in [3.8, 4) is 0 Å². The number of benzene rings is 1. The van der Waals surface area contributed by atoms with Crippen LogP contribution in [-0.2, 0) is 0 Å². The first kappa shape index (κ1) is 17.0. The van der Waals surface area contributed by atoms with Gasteiger partial charge in [0.1, 0.15) is 5.69 Å². The molecule has 1 aromatic carbocycles. The number of amides is 1. The molecule has 5 fully saturated rings. The topological polar surface area (TPSA) is 75.5 Å². The predicted octanol–water partition coefficient (Wildman–Crippen LogP) is 3.89. The van der Waals surface area contributed by atoms with Crippen molar-refractivity contribution in [2.24, 2.45) is 17.8 Å². The van der Waals surface area contributed by atoms with Gasteiger partial charge < -0.3 is 10.2 Å². The van der Waals surface area contributed by atoms with Crippen LogP contribution in [0.2, 0.25) is 0 Å². The first-order valence-corrected chi connectivity index (χ1v) is 10.4. The molecule has 0 aromatic heterocycles. The van der Waals surface area contributed by atoms with E-state index in [1.165, 1.54) is 25.3 Å². The maximum Gasteiger partial charge on any atom is 0.293 e. The lowest BCUT2D eigenvalue weighted by Gasteiger charge is -2.56. The van der Waals surface area contributed by atoms with E-state index in [0.29, 0.717) is 11.3 Å². The van der Waals surface area contributed by atoms with E-state index in [0.717, 1.165) is 62.9 Å². The maximum atomic E-state index is 13.0. The van der Waals surface area contributed by atoms with Crippen LogP contribution in [0, 0.1) is 27.9 Å². The Morgan fingerprint density at radius 3 is 2.22 bits per heavy atom. The molecule has 1 saturated heterocycles. The molecule has 4 bridgehead atoms. The van der Waals surface area contributed by atoms with E-state index in [-0.39, 0.29) is 22.1 Å². The van der Waals surface area contributed by atoms with E-state index < -0.39 is 0 Å². The third-order valence-electron chi connectivity index (χ3n) is 7.30. The summed E-state index contributed by atoms with van der Waals surface area (Å²) >= 11 is 0. The monoisotopic (exact) mass is 369 g/mol. The molecule has 0 radical (unpaired) electrons. The van der Waals surface area contributed by atoms with Crippen LogP contribution < -0.4 is 10.2 Å². The first-order chi connectivity index (χ1) is 13.0. The van der Waals surface area contributed by atoms with Gasteiger partial charge in [0.25, 0.3) is 11.6 Å². The Morgan fingerprint density at radius 1 is 1.07 bits per heavy atom. The minimum atomic E-state index is -0.352. The Bertz CT molecular complexity index is 750. The third kappa shape index (κ3) is 2.99. The van der Waals surface area contributed by atoms with Crippen LogP contribution in [0.5, 0.6) is 0 Å². The highest BCUT2D eigenvalue weighted by Gasteiger charge is 2.51. The molecule has 1 heterocycles. The van der Waals surface area contributed by atoms with Crippen molar-refractivity contribution >= 4 is 17.3 Å². The van der Waals surface area contributed by atoms with Gasteiger partial charge in [0.15, 0.2) is 0 Å². The van der Waals surface area contributed by atoms with E-state index in [4.69, 9.17) is 0 Å². The average Bonchev–Trinajstić information content (AvgIpc) is 3.14. The Kier molecular flexibility index (Phi) is 3.92. The molecular formula is C21H27N3O3. The van der Waals surface area contributed by atoms with Crippen LogP contribution >= 0.6 is 0 Å². The Balaban J connectivity index is 1.39. The van der Waals surface area contributed by atoms with Gasteiger partial charge in [-0.3, -0.25) is 14.9 Å². The molecule has 1 amide bonds. The molecule has 144 valence electrons. The number of rotatable bonds is 4. The van der Waals surface area contributed by atoms with E-state index in [1.807, 2.05) is 0 Å². The predicted molar refractivity (Wildman–Crippen MR) is 103 cm³/mol. The molecule has 27 heavy (non-hydrogen) atoms. The zero-order valence-corrected chi connectivity index (χ0v) is 15.7. The number of nitro benzene ring substituents is 1. The van der Waals surface area contributed by atoms with Crippen LogP contribution in [0.4, 0.5) is 11.4 Å². The lowest BCUT2D eigenvalue weighted by Crippen LogP contribution is -2.59. The van der Waals surface area contributed by atoms with Gasteiger partial charge in [-0.15, -0.1) is 0 Å². The third-order valence-corrected chi connectivity index (χ3v) is 7.30. The fourth-order valence-electron chi connectivity index (χ4n) is 6.61. The summed E-state index contributed by atoms with van der Waals surface area (Å²) in [5.74, 6) is 2.11. The zero-order valence-electron chi connectivity index (χ0n) is 15.7. The van der Waals surface area contributed by atoms with Crippen LogP contribution in [0.25, 0.3) is 0 Å². The van der Waals surface area contributed by atoms with E-state index in [9.17, 15) is 14.9 Å². The second kappa shape index (κ2) is 6.21. The summed E-state index contributed by atoms with van der Waals surface area (Å²) in [6.07, 6.45) is 9.34. The standard InChI is InChI=1S/C21H27N3O3/c25-20(22-21-11-14-7-15(12-21)9-16(8-14)13-21)17-3-4-18(19(10-17)24(26)27)23-5-1-2-6-23/h3-4,10,14-16H,1-2,5-9,11-13H2,(H,22,25). The van der Waals surface area contributed by atoms with Crippen molar-refractivity contribution < 1.29 is 9.72 Å². The highest BCUT2D eigenvalue weighted by molar-refractivity contribution is 5.96. The Morgan fingerprint density at radius 2 is 1.67 bits per heavy atom. The number of hydrogen-bond acceptors (Lipinski definition) is 4. The minimum absolute atomic E-state index is 0.0510. The molecule has 6 rings (SSSR count). The van der Waals surface area contributed by atoms with Crippen molar-refractivity contribution in [1.29, 1.82) is 0 Å². The fraction of sp³-hybridized carbons (Fsp3) is 0.667. The van der Waals surface area contributed by atoms with Gasteiger partial charge in [0.2, 0.25) is 0 Å². The van der Waals surface area contributed by atoms with Gasteiger partial charge >= 0.3 is 0 Å². The minimum Gasteiger partial charge on any atom is -0.366 e. The molecule has 6 nitrogen and oxygen atoms in total. The summed E-state index contributed by atoms with van der Waals surface area (Å²) in [7, 11) is 0. The number of nitrogens with one attached hydrogen (secondary N) is 1. The summed E-state index contributed by atoms with van der Waals surface area (Å²) in [5.41, 5.74) is 1.04. The van der Waals surface area contributed by atoms with Crippen LogP contribution in [0.1, 0.15) is 61.7 Å². The van der Waals surface area contributed by atoms with E-state index in [2.05, 4.69) is 10.2 Å². The Hall–Kier alpha value is -2.11. The molecular weight excluding hydrogens is 342 g/mol. The van der Waals surface area contributed by atoms with Gasteiger partial charge in [-0.2, -0.15) is 0 Å². The summed E-state index contributed by atoms with van der Waals surface area (Å²) in [4.78, 5) is 26.3. The van der Waals surface area contributed by atoms with Crippen molar-refractivity contribution in [2.75, 3.05) is 18.0 Å². The van der Waals surface area contributed by atoms with Crippen molar-refractivity contribution in [3.63, 3.8) is 0 Å². The summed E-state index contributed by atoms with van der Waals surface area (Å²) in [6, 6.07) is 5.00. The van der Waals surface area contributed by atoms with Crippen LogP contribution in [-0.4, -0.2) is 29.5 Å². The van der Waals surface area contributed by atoms with Gasteiger partial charge in [-0.05, 0) is 81.3 Å². The molecule has 6 heteroatoms.